The zero-order valence-corrected chi connectivity index (χ0v) is 13.1. The van der Waals surface area contributed by atoms with Gasteiger partial charge in [-0.2, -0.15) is 5.10 Å². The van der Waals surface area contributed by atoms with Gasteiger partial charge in [-0.1, -0.05) is 31.5 Å². The molecule has 2 aromatic rings. The number of aromatic nitrogens is 2. The number of carbonyl (C=O) groups excluding carboxylic acids is 2. The van der Waals surface area contributed by atoms with Crippen molar-refractivity contribution in [2.75, 3.05) is 0 Å². The zero-order chi connectivity index (χ0) is 17.0. The van der Waals surface area contributed by atoms with Crippen molar-refractivity contribution in [1.82, 2.24) is 9.78 Å². The predicted molar refractivity (Wildman–Crippen MR) is 85.0 cm³/mol. The van der Waals surface area contributed by atoms with Gasteiger partial charge in [-0.05, 0) is 19.4 Å². The van der Waals surface area contributed by atoms with E-state index in [2.05, 4.69) is 5.10 Å². The van der Waals surface area contributed by atoms with Gasteiger partial charge in [0.25, 0.3) is 11.5 Å². The maximum atomic E-state index is 12.4. The van der Waals surface area contributed by atoms with Gasteiger partial charge in [0.15, 0.2) is 11.8 Å². The van der Waals surface area contributed by atoms with Gasteiger partial charge in [0, 0.05) is 11.9 Å². The van der Waals surface area contributed by atoms with Gasteiger partial charge >= 0.3 is 5.97 Å². The molecule has 1 aromatic heterocycles. The average molecular weight is 317 g/mol. The number of rotatable bonds is 6. The van der Waals surface area contributed by atoms with Gasteiger partial charge in [-0.15, -0.1) is 0 Å². The van der Waals surface area contributed by atoms with E-state index in [1.54, 1.807) is 24.3 Å². The Morgan fingerprint density at radius 3 is 2.57 bits per heavy atom. The van der Waals surface area contributed by atoms with Crippen molar-refractivity contribution in [3.8, 4) is 0 Å². The molecule has 0 aliphatic carbocycles. The molecule has 0 spiro atoms. The Bertz CT molecular complexity index is 798. The lowest BCUT2D eigenvalue weighted by Crippen LogP contribution is -2.32. The van der Waals surface area contributed by atoms with Crippen LogP contribution in [-0.2, 0) is 16.1 Å². The van der Waals surface area contributed by atoms with Crippen molar-refractivity contribution in [1.29, 1.82) is 0 Å². The Morgan fingerprint density at radius 1 is 1.30 bits per heavy atom. The molecule has 0 bridgehead atoms. The van der Waals surface area contributed by atoms with Gasteiger partial charge < -0.3 is 10.5 Å². The van der Waals surface area contributed by atoms with Crippen LogP contribution in [0.15, 0.2) is 29.1 Å². The van der Waals surface area contributed by atoms with Crippen molar-refractivity contribution in [3.05, 3.63) is 40.3 Å². The van der Waals surface area contributed by atoms with Crippen molar-refractivity contribution < 1.29 is 14.3 Å². The Morgan fingerprint density at radius 2 is 1.96 bits per heavy atom. The molecule has 1 amide bonds. The first-order valence-corrected chi connectivity index (χ1v) is 7.45. The summed E-state index contributed by atoms with van der Waals surface area (Å²) in [4.78, 5) is 35.8. The number of primary amides is 1. The smallest absolute Gasteiger partial charge is 0.360 e. The van der Waals surface area contributed by atoms with Gasteiger partial charge in [0.05, 0.1) is 5.39 Å². The van der Waals surface area contributed by atoms with Crippen molar-refractivity contribution in [2.24, 2.45) is 5.73 Å². The minimum absolute atomic E-state index is 0.00408. The molecule has 1 heterocycles. The molecule has 0 fully saturated rings. The third-order valence-electron chi connectivity index (χ3n) is 3.47. The number of aryl methyl sites for hydroxylation is 1. The molecule has 0 aliphatic rings. The lowest BCUT2D eigenvalue weighted by molar-refractivity contribution is -0.125. The van der Waals surface area contributed by atoms with Crippen LogP contribution in [0.1, 0.15) is 37.2 Å². The molecule has 0 radical (unpaired) electrons. The van der Waals surface area contributed by atoms with E-state index >= 15 is 0 Å². The fourth-order valence-corrected chi connectivity index (χ4v) is 2.12. The van der Waals surface area contributed by atoms with E-state index < -0.39 is 18.0 Å². The largest absolute Gasteiger partial charge is 0.448 e. The molecule has 2 rings (SSSR count). The van der Waals surface area contributed by atoms with Crippen molar-refractivity contribution in [2.45, 2.75) is 39.3 Å². The first-order chi connectivity index (χ1) is 11.0. The highest BCUT2D eigenvalue weighted by atomic mass is 16.5. The summed E-state index contributed by atoms with van der Waals surface area (Å²) in [5.41, 5.74) is 4.85. The van der Waals surface area contributed by atoms with Gasteiger partial charge in [-0.25, -0.2) is 9.48 Å². The van der Waals surface area contributed by atoms with Crippen molar-refractivity contribution >= 4 is 22.6 Å². The second kappa shape index (κ2) is 7.04. The molecule has 1 atom stereocenters. The molecule has 0 saturated heterocycles. The molecule has 122 valence electrons. The van der Waals surface area contributed by atoms with E-state index in [4.69, 9.17) is 10.5 Å². The minimum Gasteiger partial charge on any atom is -0.448 e. The Kier molecular flexibility index (Phi) is 5.10. The highest BCUT2D eigenvalue weighted by Gasteiger charge is 2.21. The van der Waals surface area contributed by atoms with Gasteiger partial charge in [0.2, 0.25) is 0 Å². The monoisotopic (exact) mass is 317 g/mol. The molecule has 1 aromatic carbocycles. The van der Waals surface area contributed by atoms with Gasteiger partial charge in [0.1, 0.15) is 0 Å². The van der Waals surface area contributed by atoms with E-state index in [-0.39, 0.29) is 11.3 Å². The molecule has 0 unspecified atom stereocenters. The van der Waals surface area contributed by atoms with Crippen LogP contribution >= 0.6 is 0 Å². The number of amides is 1. The highest BCUT2D eigenvalue weighted by molar-refractivity contribution is 6.02. The summed E-state index contributed by atoms with van der Waals surface area (Å²) in [5.74, 6) is -1.53. The highest BCUT2D eigenvalue weighted by Crippen LogP contribution is 2.15. The first kappa shape index (κ1) is 16.7. The van der Waals surface area contributed by atoms with E-state index in [0.29, 0.717) is 17.3 Å². The van der Waals surface area contributed by atoms with Crippen LogP contribution in [0.5, 0.6) is 0 Å². The number of nitrogens with zero attached hydrogens (tertiary/aromatic N) is 2. The molecule has 0 saturated carbocycles. The van der Waals surface area contributed by atoms with Crippen LogP contribution in [-0.4, -0.2) is 27.8 Å². The number of esters is 1. The van der Waals surface area contributed by atoms with E-state index in [0.717, 1.165) is 12.8 Å². The lowest BCUT2D eigenvalue weighted by Gasteiger charge is -2.12. The molecule has 23 heavy (non-hydrogen) atoms. The quantitative estimate of drug-likeness (QED) is 0.807. The standard InChI is InChI=1S/C16H19N3O4/c1-3-4-9-19-15(21)12-8-6-5-7-11(12)13(18-19)16(22)23-10(2)14(17)20/h5-8,10H,3-4,9H2,1-2H3,(H2,17,20)/t10-/m0/s1. The van der Waals surface area contributed by atoms with E-state index in [1.165, 1.54) is 11.6 Å². The summed E-state index contributed by atoms with van der Waals surface area (Å²) in [6, 6.07) is 6.68. The van der Waals surface area contributed by atoms with E-state index in [1.807, 2.05) is 6.92 Å². The number of hydrogen-bond acceptors (Lipinski definition) is 5. The third-order valence-corrected chi connectivity index (χ3v) is 3.47. The Labute approximate surface area is 133 Å². The Balaban J connectivity index is 2.53. The predicted octanol–water partition coefficient (Wildman–Crippen LogP) is 1.23. The first-order valence-electron chi connectivity index (χ1n) is 7.45. The van der Waals surface area contributed by atoms with Crippen LogP contribution in [0.3, 0.4) is 0 Å². The molecule has 7 nitrogen and oxygen atoms in total. The van der Waals surface area contributed by atoms with Crippen LogP contribution in [0, 0.1) is 0 Å². The molecule has 2 N–H and O–H groups in total. The summed E-state index contributed by atoms with van der Waals surface area (Å²) in [6.07, 6.45) is 0.579. The number of nitrogens with two attached hydrogens (primary N) is 1. The fourth-order valence-electron chi connectivity index (χ4n) is 2.12. The molecular formula is C16H19N3O4. The normalized spacial score (nSPS) is 12.1. The minimum atomic E-state index is -1.07. The van der Waals surface area contributed by atoms with Crippen LogP contribution < -0.4 is 11.3 Å². The average Bonchev–Trinajstić information content (AvgIpc) is 2.54. The molecular weight excluding hydrogens is 298 g/mol. The SMILES string of the molecule is CCCCn1nc(C(=O)O[C@@H](C)C(N)=O)c2ccccc2c1=O. The Hall–Kier alpha value is -2.70. The molecule has 0 aliphatic heterocycles. The number of fused-ring (bicyclic) bond motifs is 1. The summed E-state index contributed by atoms with van der Waals surface area (Å²) >= 11 is 0. The number of hydrogen-bond donors (Lipinski definition) is 1. The van der Waals surface area contributed by atoms with E-state index in [9.17, 15) is 14.4 Å². The second-order valence-corrected chi connectivity index (χ2v) is 5.23. The maximum absolute atomic E-state index is 12.4. The summed E-state index contributed by atoms with van der Waals surface area (Å²) in [5, 5.41) is 4.91. The topological polar surface area (TPSA) is 104 Å². The lowest BCUT2D eigenvalue weighted by atomic mass is 10.1. The zero-order valence-electron chi connectivity index (χ0n) is 13.1. The second-order valence-electron chi connectivity index (χ2n) is 5.23. The van der Waals surface area contributed by atoms with Crippen molar-refractivity contribution in [3.63, 3.8) is 0 Å². The summed E-state index contributed by atoms with van der Waals surface area (Å²) in [7, 11) is 0. The fraction of sp³-hybridized carbons (Fsp3) is 0.375. The number of carbonyl (C=O) groups is 2. The van der Waals surface area contributed by atoms with Crippen LogP contribution in [0.4, 0.5) is 0 Å². The van der Waals surface area contributed by atoms with Gasteiger partial charge in [-0.3, -0.25) is 9.59 Å². The van der Waals surface area contributed by atoms with Crippen LogP contribution in [0.25, 0.3) is 10.8 Å². The number of unbranched alkanes of at least 4 members (excludes halogenated alkanes) is 1. The summed E-state index contributed by atoms with van der Waals surface area (Å²) in [6.45, 7) is 3.79. The number of benzene rings is 1. The maximum Gasteiger partial charge on any atom is 0.360 e. The molecule has 7 heteroatoms. The number of ether oxygens (including phenoxy) is 1. The summed E-state index contributed by atoms with van der Waals surface area (Å²) < 4.78 is 6.28. The third kappa shape index (κ3) is 3.56. The van der Waals surface area contributed by atoms with Crippen LogP contribution in [0.2, 0.25) is 0 Å².